The van der Waals surface area contributed by atoms with Crippen molar-refractivity contribution in [2.24, 2.45) is 10.8 Å². The van der Waals surface area contributed by atoms with Crippen molar-refractivity contribution < 1.29 is 4.79 Å². The van der Waals surface area contributed by atoms with Crippen LogP contribution in [-0.2, 0) is 4.79 Å². The zero-order valence-corrected chi connectivity index (χ0v) is 10.0. The minimum absolute atomic E-state index is 0.123. The van der Waals surface area contributed by atoms with Crippen molar-refractivity contribution in [1.29, 1.82) is 0 Å². The van der Waals surface area contributed by atoms with E-state index in [4.69, 9.17) is 28.9 Å². The molecule has 2 rings (SSSR count). The van der Waals surface area contributed by atoms with Gasteiger partial charge in [-0.05, 0) is 24.6 Å². The lowest BCUT2D eigenvalue weighted by atomic mass is 10.2. The molecule has 16 heavy (non-hydrogen) atoms. The molecule has 0 saturated carbocycles. The number of hydrazone groups is 1. The highest BCUT2D eigenvalue weighted by Gasteiger charge is 2.26. The van der Waals surface area contributed by atoms with E-state index in [1.807, 2.05) is 0 Å². The molecule has 84 valence electrons. The van der Waals surface area contributed by atoms with Crippen LogP contribution in [0.15, 0.2) is 17.2 Å². The number of carbonyl (C=O) groups excluding carboxylic acids is 1. The van der Waals surface area contributed by atoms with Crippen molar-refractivity contribution in [1.82, 2.24) is 0 Å². The number of halogens is 2. The first-order valence-electron chi connectivity index (χ1n) is 4.61. The van der Waals surface area contributed by atoms with Crippen LogP contribution in [0.3, 0.4) is 0 Å². The summed E-state index contributed by atoms with van der Waals surface area (Å²) < 4.78 is 0. The molecule has 1 amide bonds. The number of nitrogens with zero attached hydrogens (tertiary/aromatic N) is 2. The maximum absolute atomic E-state index is 11.6. The summed E-state index contributed by atoms with van der Waals surface area (Å²) in [6.07, 6.45) is 0.123. The molecule has 1 heterocycles. The topological polar surface area (TPSA) is 58.7 Å². The zero-order chi connectivity index (χ0) is 11.9. The van der Waals surface area contributed by atoms with Crippen molar-refractivity contribution in [2.45, 2.75) is 13.3 Å². The van der Waals surface area contributed by atoms with Crippen LogP contribution in [-0.4, -0.2) is 11.7 Å². The summed E-state index contributed by atoms with van der Waals surface area (Å²) in [4.78, 5) is 11.6. The summed E-state index contributed by atoms with van der Waals surface area (Å²) in [7, 11) is 0. The third-order valence-electron chi connectivity index (χ3n) is 2.33. The summed E-state index contributed by atoms with van der Waals surface area (Å²) in [6.45, 7) is 1.78. The van der Waals surface area contributed by atoms with Gasteiger partial charge < -0.3 is 5.73 Å². The van der Waals surface area contributed by atoms with Crippen molar-refractivity contribution >= 4 is 40.6 Å². The maximum atomic E-state index is 11.6. The Morgan fingerprint density at radius 3 is 2.69 bits per heavy atom. The Labute approximate surface area is 103 Å². The van der Waals surface area contributed by atoms with Crippen LogP contribution in [0.2, 0.25) is 10.0 Å². The Kier molecular flexibility index (Phi) is 2.78. The molecule has 1 aromatic carbocycles. The Morgan fingerprint density at radius 2 is 2.12 bits per heavy atom. The summed E-state index contributed by atoms with van der Waals surface area (Å²) in [5, 5.41) is 6.10. The molecule has 6 heteroatoms. The van der Waals surface area contributed by atoms with Gasteiger partial charge in [-0.2, -0.15) is 10.1 Å². The van der Waals surface area contributed by atoms with E-state index in [2.05, 4.69) is 5.10 Å². The van der Waals surface area contributed by atoms with Crippen molar-refractivity contribution in [3.63, 3.8) is 0 Å². The summed E-state index contributed by atoms with van der Waals surface area (Å²) >= 11 is 12.0. The standard InChI is InChI=1S/C10H9Cl2N3O/c1-5-6(11)2-3-7(10(5)12)15-9(16)4-8(13)14-15/h2-3H,4H2,1H3,(H2,13,14). The van der Waals surface area contributed by atoms with Crippen LogP contribution in [0.4, 0.5) is 5.69 Å². The molecule has 0 spiro atoms. The molecule has 4 nitrogen and oxygen atoms in total. The fraction of sp³-hybridized carbons (Fsp3) is 0.200. The van der Waals surface area contributed by atoms with Crippen LogP contribution in [0.1, 0.15) is 12.0 Å². The SMILES string of the molecule is Cc1c(Cl)ccc(N2N=C(N)CC2=O)c1Cl. The summed E-state index contributed by atoms with van der Waals surface area (Å²) in [6, 6.07) is 3.33. The predicted octanol–water partition coefficient (Wildman–Crippen LogP) is 2.31. The minimum atomic E-state index is -0.193. The van der Waals surface area contributed by atoms with Crippen LogP contribution >= 0.6 is 23.2 Å². The lowest BCUT2D eigenvalue weighted by Gasteiger charge is -2.15. The predicted molar refractivity (Wildman–Crippen MR) is 64.9 cm³/mol. The number of anilines is 1. The number of benzene rings is 1. The van der Waals surface area contributed by atoms with E-state index in [0.717, 1.165) is 0 Å². The lowest BCUT2D eigenvalue weighted by Crippen LogP contribution is -2.20. The second kappa shape index (κ2) is 3.96. The van der Waals surface area contributed by atoms with Gasteiger partial charge in [0.1, 0.15) is 5.84 Å². The van der Waals surface area contributed by atoms with E-state index in [1.54, 1.807) is 19.1 Å². The van der Waals surface area contributed by atoms with E-state index < -0.39 is 0 Å². The Bertz CT molecular complexity index is 499. The molecule has 0 fully saturated rings. The van der Waals surface area contributed by atoms with Gasteiger partial charge in [0.15, 0.2) is 0 Å². The highest BCUT2D eigenvalue weighted by Crippen LogP contribution is 2.34. The van der Waals surface area contributed by atoms with Crippen molar-refractivity contribution in [3.05, 3.63) is 27.7 Å². The maximum Gasteiger partial charge on any atom is 0.255 e. The molecule has 0 unspecified atom stereocenters. The fourth-order valence-electron chi connectivity index (χ4n) is 1.45. The van der Waals surface area contributed by atoms with Crippen LogP contribution < -0.4 is 10.7 Å². The molecule has 0 saturated heterocycles. The summed E-state index contributed by atoms with van der Waals surface area (Å²) in [5.74, 6) is 0.0924. The Morgan fingerprint density at radius 1 is 1.44 bits per heavy atom. The molecule has 1 aliphatic heterocycles. The highest BCUT2D eigenvalue weighted by atomic mass is 35.5. The number of nitrogens with two attached hydrogens (primary N) is 1. The number of hydrogen-bond acceptors (Lipinski definition) is 3. The van der Waals surface area contributed by atoms with Gasteiger partial charge in [0.05, 0.1) is 17.1 Å². The van der Waals surface area contributed by atoms with Gasteiger partial charge >= 0.3 is 0 Å². The number of amidine groups is 1. The molecule has 1 aliphatic rings. The molecule has 0 aliphatic carbocycles. The monoisotopic (exact) mass is 257 g/mol. The Hall–Kier alpha value is -1.26. The molecule has 0 bridgehead atoms. The average molecular weight is 258 g/mol. The molecule has 2 N–H and O–H groups in total. The van der Waals surface area contributed by atoms with Crippen molar-refractivity contribution in [3.8, 4) is 0 Å². The minimum Gasteiger partial charge on any atom is -0.385 e. The van der Waals surface area contributed by atoms with E-state index in [-0.39, 0.29) is 18.2 Å². The van der Waals surface area contributed by atoms with E-state index >= 15 is 0 Å². The lowest BCUT2D eigenvalue weighted by molar-refractivity contribution is -0.116. The molecule has 0 aromatic heterocycles. The van der Waals surface area contributed by atoms with Crippen molar-refractivity contribution in [2.75, 3.05) is 5.01 Å². The van der Waals surface area contributed by atoms with Crippen LogP contribution in [0.25, 0.3) is 0 Å². The number of hydrogen-bond donors (Lipinski definition) is 1. The third kappa shape index (κ3) is 1.74. The summed E-state index contributed by atoms with van der Waals surface area (Å²) in [5.41, 5.74) is 6.71. The van der Waals surface area contributed by atoms with E-state index in [0.29, 0.717) is 21.3 Å². The molecular weight excluding hydrogens is 249 g/mol. The fourth-order valence-corrected chi connectivity index (χ4v) is 1.90. The van der Waals surface area contributed by atoms with E-state index in [9.17, 15) is 4.79 Å². The zero-order valence-electron chi connectivity index (χ0n) is 8.50. The quantitative estimate of drug-likeness (QED) is 0.840. The van der Waals surface area contributed by atoms with E-state index in [1.165, 1.54) is 5.01 Å². The second-order valence-corrected chi connectivity index (χ2v) is 4.26. The second-order valence-electron chi connectivity index (χ2n) is 3.48. The first-order valence-corrected chi connectivity index (χ1v) is 5.37. The molecule has 0 radical (unpaired) electrons. The normalized spacial score (nSPS) is 15.6. The number of rotatable bonds is 1. The highest BCUT2D eigenvalue weighted by molar-refractivity contribution is 6.38. The number of amides is 1. The van der Waals surface area contributed by atoms with Gasteiger partial charge in [-0.25, -0.2) is 0 Å². The third-order valence-corrected chi connectivity index (χ3v) is 3.21. The van der Waals surface area contributed by atoms with Crippen LogP contribution in [0, 0.1) is 6.92 Å². The van der Waals surface area contributed by atoms with Crippen LogP contribution in [0.5, 0.6) is 0 Å². The van der Waals surface area contributed by atoms with Gasteiger partial charge in [0.25, 0.3) is 5.91 Å². The molecular formula is C10H9Cl2N3O. The number of carbonyl (C=O) groups is 1. The molecule has 1 aromatic rings. The largest absolute Gasteiger partial charge is 0.385 e. The first kappa shape index (κ1) is 11.2. The molecule has 0 atom stereocenters. The first-order chi connectivity index (χ1) is 7.50. The van der Waals surface area contributed by atoms with Gasteiger partial charge in [-0.3, -0.25) is 4.79 Å². The van der Waals surface area contributed by atoms with Gasteiger partial charge in [-0.1, -0.05) is 23.2 Å². The smallest absolute Gasteiger partial charge is 0.255 e. The van der Waals surface area contributed by atoms with Gasteiger partial charge in [-0.15, -0.1) is 0 Å². The average Bonchev–Trinajstić information content (AvgIpc) is 2.55. The Balaban J connectivity index is 2.50. The van der Waals surface area contributed by atoms with Gasteiger partial charge in [0, 0.05) is 5.02 Å². The van der Waals surface area contributed by atoms with Gasteiger partial charge in [0.2, 0.25) is 0 Å².